The number of para-hydroxylation sites is 2. The molecule has 0 aliphatic carbocycles. The molecule has 68 heavy (non-hydrogen) atoms. The van der Waals surface area contributed by atoms with Gasteiger partial charge < -0.3 is 9.80 Å². The van der Waals surface area contributed by atoms with Gasteiger partial charge in [0, 0.05) is 22.1 Å². The molecular formula is C66H64N2. The van der Waals surface area contributed by atoms with Crippen LogP contribution < -0.4 is 9.80 Å². The molecule has 0 heterocycles. The maximum Gasteiger partial charge on any atom is 0.0543 e. The Bertz CT molecular complexity index is 3160. The maximum absolute atomic E-state index is 2.57. The van der Waals surface area contributed by atoms with Gasteiger partial charge in [-0.15, -0.1) is 0 Å². The van der Waals surface area contributed by atoms with Gasteiger partial charge in [-0.2, -0.15) is 0 Å². The summed E-state index contributed by atoms with van der Waals surface area (Å²) in [5.41, 5.74) is 16.9. The summed E-state index contributed by atoms with van der Waals surface area (Å²) in [4.78, 5) is 5.13. The van der Waals surface area contributed by atoms with Gasteiger partial charge in [0.25, 0.3) is 0 Å². The van der Waals surface area contributed by atoms with Gasteiger partial charge in [-0.25, -0.2) is 0 Å². The van der Waals surface area contributed by atoms with E-state index in [1.165, 1.54) is 99.6 Å². The van der Waals surface area contributed by atoms with Gasteiger partial charge in [0.05, 0.1) is 22.7 Å². The zero-order valence-corrected chi connectivity index (χ0v) is 41.5. The fourth-order valence-corrected chi connectivity index (χ4v) is 10.6. The molecule has 0 saturated heterocycles. The standard InChI is InChI=1S/C66H64N2/c1-43(2)55-41-59(67(49-27-19-13-20-28-49)61-39-47(45-23-15-11-16-24-45)31-37-57(61)65(5,6)7)53-36-34-52-56(44(3)4)42-60(54-35-33-51(55)63(53)64(52)54)68(50-29-21-14-22-30-50)62-40-48(46-25-17-12-18-26-46)32-38-58(62)66(8,9)10/h11-44H,1-10H3. The summed E-state index contributed by atoms with van der Waals surface area (Å²) in [6.45, 7) is 23.5. The van der Waals surface area contributed by atoms with Crippen LogP contribution >= 0.6 is 0 Å². The molecule has 0 spiro atoms. The van der Waals surface area contributed by atoms with Crippen molar-refractivity contribution >= 4 is 66.4 Å². The van der Waals surface area contributed by atoms with E-state index in [9.17, 15) is 0 Å². The summed E-state index contributed by atoms with van der Waals surface area (Å²) in [7, 11) is 0. The van der Waals surface area contributed by atoms with Gasteiger partial charge in [0.1, 0.15) is 0 Å². The van der Waals surface area contributed by atoms with Crippen molar-refractivity contribution in [3.8, 4) is 22.3 Å². The molecule has 0 N–H and O–H groups in total. The molecule has 10 rings (SSSR count). The van der Waals surface area contributed by atoms with Crippen LogP contribution in [0, 0.1) is 0 Å². The van der Waals surface area contributed by atoms with Crippen molar-refractivity contribution in [1.82, 2.24) is 0 Å². The average Bonchev–Trinajstić information content (AvgIpc) is 3.34. The molecule has 0 aliphatic heterocycles. The Labute approximate surface area is 404 Å². The summed E-state index contributed by atoms with van der Waals surface area (Å²) in [6.07, 6.45) is 0. The predicted octanol–water partition coefficient (Wildman–Crippen LogP) is 19.7. The molecule has 0 aromatic heterocycles. The Morgan fingerprint density at radius 2 is 0.632 bits per heavy atom. The Kier molecular flexibility index (Phi) is 11.5. The zero-order valence-electron chi connectivity index (χ0n) is 41.5. The lowest BCUT2D eigenvalue weighted by molar-refractivity contribution is 0.591. The largest absolute Gasteiger partial charge is 0.310 e. The van der Waals surface area contributed by atoms with E-state index in [2.05, 4.69) is 273 Å². The van der Waals surface area contributed by atoms with E-state index < -0.39 is 0 Å². The lowest BCUT2D eigenvalue weighted by Gasteiger charge is -2.35. The molecule has 0 atom stereocenters. The molecule has 338 valence electrons. The van der Waals surface area contributed by atoms with Crippen LogP contribution in [0.5, 0.6) is 0 Å². The number of hydrogen-bond acceptors (Lipinski definition) is 2. The highest BCUT2D eigenvalue weighted by atomic mass is 15.2. The summed E-state index contributed by atoms with van der Waals surface area (Å²) in [5, 5.41) is 7.78. The zero-order chi connectivity index (χ0) is 47.5. The molecule has 0 aliphatic rings. The van der Waals surface area contributed by atoms with Gasteiger partial charge in [0.2, 0.25) is 0 Å². The fourth-order valence-electron chi connectivity index (χ4n) is 10.6. The first-order chi connectivity index (χ1) is 32.7. The van der Waals surface area contributed by atoms with Crippen molar-refractivity contribution in [3.63, 3.8) is 0 Å². The lowest BCUT2D eigenvalue weighted by Crippen LogP contribution is -2.20. The van der Waals surface area contributed by atoms with Gasteiger partial charge in [-0.3, -0.25) is 0 Å². The first-order valence-corrected chi connectivity index (χ1v) is 24.6. The monoisotopic (exact) mass is 885 g/mol. The van der Waals surface area contributed by atoms with Crippen LogP contribution in [0.4, 0.5) is 34.1 Å². The molecule has 0 saturated carbocycles. The van der Waals surface area contributed by atoms with E-state index in [1.807, 2.05) is 0 Å². The number of benzene rings is 10. The van der Waals surface area contributed by atoms with Crippen molar-refractivity contribution in [1.29, 1.82) is 0 Å². The molecule has 0 bridgehead atoms. The van der Waals surface area contributed by atoms with Gasteiger partial charge >= 0.3 is 0 Å². The minimum absolute atomic E-state index is 0.131. The summed E-state index contributed by atoms with van der Waals surface area (Å²) in [6, 6.07) is 72.7. The van der Waals surface area contributed by atoms with Crippen LogP contribution in [0.2, 0.25) is 0 Å². The van der Waals surface area contributed by atoms with E-state index in [-0.39, 0.29) is 22.7 Å². The van der Waals surface area contributed by atoms with E-state index in [1.54, 1.807) is 0 Å². The molecule has 10 aromatic rings. The highest BCUT2D eigenvalue weighted by Crippen LogP contribution is 2.53. The Morgan fingerprint density at radius 1 is 0.309 bits per heavy atom. The first kappa shape index (κ1) is 44.7. The van der Waals surface area contributed by atoms with E-state index in [4.69, 9.17) is 0 Å². The van der Waals surface area contributed by atoms with E-state index in [0.717, 1.165) is 11.4 Å². The minimum atomic E-state index is -0.131. The summed E-state index contributed by atoms with van der Waals surface area (Å²) in [5.74, 6) is 0.544. The van der Waals surface area contributed by atoms with Crippen molar-refractivity contribution < 1.29 is 0 Å². The van der Waals surface area contributed by atoms with Gasteiger partial charge in [-0.1, -0.05) is 215 Å². The normalized spacial score (nSPS) is 12.2. The number of rotatable bonds is 10. The third-order valence-electron chi connectivity index (χ3n) is 14.0. The smallest absolute Gasteiger partial charge is 0.0543 e. The van der Waals surface area contributed by atoms with E-state index in [0.29, 0.717) is 0 Å². The fraction of sp³-hybridized carbons (Fsp3) is 0.212. The van der Waals surface area contributed by atoms with Crippen LogP contribution in [0.25, 0.3) is 54.6 Å². The van der Waals surface area contributed by atoms with Crippen LogP contribution in [0.15, 0.2) is 194 Å². The summed E-state index contributed by atoms with van der Waals surface area (Å²) >= 11 is 0. The van der Waals surface area contributed by atoms with Crippen LogP contribution in [-0.4, -0.2) is 0 Å². The van der Waals surface area contributed by atoms with Crippen LogP contribution in [0.3, 0.4) is 0 Å². The van der Waals surface area contributed by atoms with Crippen molar-refractivity contribution in [2.45, 2.75) is 91.9 Å². The van der Waals surface area contributed by atoms with Crippen LogP contribution in [-0.2, 0) is 10.8 Å². The van der Waals surface area contributed by atoms with Crippen LogP contribution in [0.1, 0.15) is 103 Å². The third-order valence-corrected chi connectivity index (χ3v) is 14.0. The summed E-state index contributed by atoms with van der Waals surface area (Å²) < 4.78 is 0. The number of anilines is 6. The second-order valence-corrected chi connectivity index (χ2v) is 21.4. The Hall–Kier alpha value is -7.16. The van der Waals surface area contributed by atoms with Gasteiger partial charge in [-0.05, 0) is 137 Å². The van der Waals surface area contributed by atoms with Crippen molar-refractivity contribution in [3.05, 3.63) is 216 Å². The topological polar surface area (TPSA) is 6.48 Å². The Morgan fingerprint density at radius 3 is 0.956 bits per heavy atom. The molecule has 2 heteroatoms. The highest BCUT2D eigenvalue weighted by Gasteiger charge is 2.30. The predicted molar refractivity (Wildman–Crippen MR) is 296 cm³/mol. The third kappa shape index (κ3) is 8.00. The lowest BCUT2D eigenvalue weighted by atomic mass is 9.82. The quantitative estimate of drug-likeness (QED) is 0.126. The average molecular weight is 885 g/mol. The second-order valence-electron chi connectivity index (χ2n) is 21.4. The molecule has 0 radical (unpaired) electrons. The van der Waals surface area contributed by atoms with Crippen molar-refractivity contribution in [2.24, 2.45) is 0 Å². The molecule has 2 nitrogen and oxygen atoms in total. The molecule has 0 unspecified atom stereocenters. The molecule has 10 aromatic carbocycles. The first-order valence-electron chi connectivity index (χ1n) is 24.6. The SMILES string of the molecule is CC(C)c1cc(N(c2ccccc2)c2cc(-c3ccccc3)ccc2C(C)(C)C)c2ccc3c(C(C)C)cc(N(c4ccccc4)c4cc(-c5ccccc5)ccc4C(C)(C)C)c4ccc1c2c34. The molecule has 0 amide bonds. The minimum Gasteiger partial charge on any atom is -0.310 e. The second kappa shape index (κ2) is 17.5. The van der Waals surface area contributed by atoms with Gasteiger partial charge in [0.15, 0.2) is 0 Å². The highest BCUT2D eigenvalue weighted by molar-refractivity contribution is 6.29. The molecule has 0 fully saturated rings. The van der Waals surface area contributed by atoms with Crippen molar-refractivity contribution in [2.75, 3.05) is 9.80 Å². The molecular weight excluding hydrogens is 821 g/mol. The Balaban J connectivity index is 1.34. The number of nitrogens with zero attached hydrogens (tertiary/aromatic N) is 2. The van der Waals surface area contributed by atoms with E-state index >= 15 is 0 Å². The maximum atomic E-state index is 2.57. The number of hydrogen-bond donors (Lipinski definition) is 0.